The maximum absolute atomic E-state index is 10.9. The summed E-state index contributed by atoms with van der Waals surface area (Å²) in [6.45, 7) is 0. The Morgan fingerprint density at radius 2 is 2.38 bits per heavy atom. The third kappa shape index (κ3) is 1.73. The van der Waals surface area contributed by atoms with Gasteiger partial charge in [0.1, 0.15) is 0 Å². The molecule has 0 atom stereocenters. The first-order valence-electron chi connectivity index (χ1n) is 4.20. The molecule has 0 aliphatic carbocycles. The van der Waals surface area contributed by atoms with Crippen LogP contribution in [0.3, 0.4) is 0 Å². The van der Waals surface area contributed by atoms with Crippen molar-refractivity contribution in [1.82, 2.24) is 4.98 Å². The lowest BCUT2D eigenvalue weighted by atomic mass is 10.1. The van der Waals surface area contributed by atoms with Crippen LogP contribution < -0.4 is 5.73 Å². The fourth-order valence-corrected chi connectivity index (χ4v) is 3.10. The van der Waals surface area contributed by atoms with E-state index in [0.717, 1.165) is 9.04 Å². The summed E-state index contributed by atoms with van der Waals surface area (Å²) in [5.74, 6) is -1.10. The molecule has 1 aromatic heterocycles. The number of hydrogen-bond acceptors (Lipinski definition) is 5. The van der Waals surface area contributed by atoms with Gasteiger partial charge in [0.05, 0.1) is 26.5 Å². The highest BCUT2D eigenvalue weighted by molar-refractivity contribution is 8.00. The van der Waals surface area contributed by atoms with Gasteiger partial charge in [0.25, 0.3) is 0 Å². The SMILES string of the molecule is CSc1nc2cc(C(=O)O)c(N)c(Cl)c2s1. The fourth-order valence-electron chi connectivity index (χ4n) is 1.29. The van der Waals surface area contributed by atoms with E-state index < -0.39 is 5.97 Å². The summed E-state index contributed by atoms with van der Waals surface area (Å²) in [7, 11) is 0. The topological polar surface area (TPSA) is 76.2 Å². The number of thioether (sulfide) groups is 1. The van der Waals surface area contributed by atoms with Crippen molar-refractivity contribution in [2.45, 2.75) is 4.34 Å². The van der Waals surface area contributed by atoms with Crippen LogP contribution in [0.2, 0.25) is 5.02 Å². The Labute approximate surface area is 104 Å². The molecule has 0 radical (unpaired) electrons. The monoisotopic (exact) mass is 274 g/mol. The summed E-state index contributed by atoms with van der Waals surface area (Å²) >= 11 is 8.91. The molecule has 1 aromatic carbocycles. The smallest absolute Gasteiger partial charge is 0.337 e. The standard InChI is InChI=1S/C9H7ClN2O2S2/c1-15-9-12-4-2-3(8(13)14)6(11)5(10)7(4)16-9/h2H,11H2,1H3,(H,13,14). The molecule has 7 heteroatoms. The third-order valence-electron chi connectivity index (χ3n) is 2.05. The van der Waals surface area contributed by atoms with E-state index in [1.807, 2.05) is 6.26 Å². The molecule has 0 bridgehead atoms. The molecule has 0 saturated heterocycles. The molecule has 3 N–H and O–H groups in total. The van der Waals surface area contributed by atoms with Gasteiger partial charge in [0.2, 0.25) is 0 Å². The van der Waals surface area contributed by atoms with Gasteiger partial charge in [-0.15, -0.1) is 11.3 Å². The highest BCUT2D eigenvalue weighted by atomic mass is 35.5. The lowest BCUT2D eigenvalue weighted by Crippen LogP contribution is -2.02. The molecule has 0 aliphatic heterocycles. The van der Waals surface area contributed by atoms with E-state index in [1.165, 1.54) is 29.2 Å². The highest BCUT2D eigenvalue weighted by Crippen LogP contribution is 2.38. The number of fused-ring (bicyclic) bond motifs is 1. The number of nitrogens with two attached hydrogens (primary N) is 1. The third-order valence-corrected chi connectivity index (χ3v) is 4.62. The summed E-state index contributed by atoms with van der Waals surface area (Å²) in [5, 5.41) is 9.22. The summed E-state index contributed by atoms with van der Waals surface area (Å²) in [5.41, 5.74) is 6.33. The Bertz CT molecular complexity index is 582. The van der Waals surface area contributed by atoms with Crippen LogP contribution in [0.4, 0.5) is 5.69 Å². The van der Waals surface area contributed by atoms with E-state index in [1.54, 1.807) is 0 Å². The van der Waals surface area contributed by atoms with Crippen molar-refractivity contribution >= 4 is 56.6 Å². The number of aromatic nitrogens is 1. The van der Waals surface area contributed by atoms with Crippen molar-refractivity contribution < 1.29 is 9.90 Å². The number of benzene rings is 1. The molecule has 0 amide bonds. The number of nitrogens with zero attached hydrogens (tertiary/aromatic N) is 1. The van der Waals surface area contributed by atoms with Crippen LogP contribution in [0.15, 0.2) is 10.4 Å². The molecule has 0 spiro atoms. The predicted molar refractivity (Wildman–Crippen MR) is 67.8 cm³/mol. The van der Waals surface area contributed by atoms with E-state index in [4.69, 9.17) is 22.4 Å². The van der Waals surface area contributed by atoms with Crippen LogP contribution in [-0.4, -0.2) is 22.3 Å². The van der Waals surface area contributed by atoms with E-state index in [2.05, 4.69) is 4.98 Å². The molecule has 1 heterocycles. The number of nitrogen functional groups attached to an aromatic ring is 1. The number of hydrogen-bond donors (Lipinski definition) is 2. The van der Waals surface area contributed by atoms with Gasteiger partial charge in [-0.1, -0.05) is 23.4 Å². The van der Waals surface area contributed by atoms with Crippen molar-refractivity contribution in [3.8, 4) is 0 Å². The van der Waals surface area contributed by atoms with Gasteiger partial charge in [-0.25, -0.2) is 9.78 Å². The first-order chi connectivity index (χ1) is 7.54. The quantitative estimate of drug-likeness (QED) is 0.650. The second kappa shape index (κ2) is 4.12. The van der Waals surface area contributed by atoms with Crippen LogP contribution >= 0.6 is 34.7 Å². The van der Waals surface area contributed by atoms with Gasteiger partial charge in [-0.05, 0) is 12.3 Å². The Morgan fingerprint density at radius 3 is 2.94 bits per heavy atom. The first kappa shape index (κ1) is 11.5. The van der Waals surface area contributed by atoms with Crippen LogP contribution in [0.25, 0.3) is 10.2 Å². The van der Waals surface area contributed by atoms with Gasteiger partial charge in [0, 0.05) is 0 Å². The second-order valence-corrected chi connectivity index (χ2v) is 5.42. The fraction of sp³-hybridized carbons (Fsp3) is 0.111. The molecule has 0 aliphatic rings. The van der Waals surface area contributed by atoms with E-state index in [9.17, 15) is 4.79 Å². The lowest BCUT2D eigenvalue weighted by Gasteiger charge is -2.02. The average Bonchev–Trinajstić information content (AvgIpc) is 2.66. The Balaban J connectivity index is 2.80. The maximum Gasteiger partial charge on any atom is 0.337 e. The average molecular weight is 275 g/mol. The molecule has 84 valence electrons. The summed E-state index contributed by atoms with van der Waals surface area (Å²) in [6, 6.07) is 1.45. The Hall–Kier alpha value is -0.980. The minimum absolute atomic E-state index is 0.00421. The van der Waals surface area contributed by atoms with E-state index >= 15 is 0 Å². The zero-order valence-corrected chi connectivity index (χ0v) is 10.5. The van der Waals surface area contributed by atoms with E-state index in [-0.39, 0.29) is 16.3 Å². The first-order valence-corrected chi connectivity index (χ1v) is 6.62. The highest BCUT2D eigenvalue weighted by Gasteiger charge is 2.17. The molecular weight excluding hydrogens is 268 g/mol. The summed E-state index contributed by atoms with van der Waals surface area (Å²) in [4.78, 5) is 15.2. The number of carbonyl (C=O) groups is 1. The number of aromatic carboxylic acids is 1. The summed E-state index contributed by atoms with van der Waals surface area (Å²) < 4.78 is 1.56. The number of halogens is 1. The van der Waals surface area contributed by atoms with Gasteiger partial charge in [-0.3, -0.25) is 0 Å². The van der Waals surface area contributed by atoms with Crippen molar-refractivity contribution in [2.24, 2.45) is 0 Å². The van der Waals surface area contributed by atoms with Crippen LogP contribution in [0, 0.1) is 0 Å². The Kier molecular flexibility index (Phi) is 2.96. The van der Waals surface area contributed by atoms with Crippen molar-refractivity contribution in [3.05, 3.63) is 16.7 Å². The molecule has 0 fully saturated rings. The molecule has 2 rings (SSSR count). The summed E-state index contributed by atoms with van der Waals surface area (Å²) in [6.07, 6.45) is 1.90. The van der Waals surface area contributed by atoms with Gasteiger partial charge in [-0.2, -0.15) is 0 Å². The maximum atomic E-state index is 10.9. The van der Waals surface area contributed by atoms with Crippen LogP contribution in [0.1, 0.15) is 10.4 Å². The van der Waals surface area contributed by atoms with Gasteiger partial charge >= 0.3 is 5.97 Å². The normalized spacial score (nSPS) is 10.9. The Morgan fingerprint density at radius 1 is 1.69 bits per heavy atom. The molecule has 2 aromatic rings. The van der Waals surface area contributed by atoms with Crippen LogP contribution in [-0.2, 0) is 0 Å². The lowest BCUT2D eigenvalue weighted by molar-refractivity contribution is 0.0698. The molecule has 4 nitrogen and oxygen atoms in total. The molecule has 0 unspecified atom stereocenters. The number of thiazole rings is 1. The molecular formula is C9H7ClN2O2S2. The number of anilines is 1. The largest absolute Gasteiger partial charge is 0.478 e. The second-order valence-electron chi connectivity index (χ2n) is 2.99. The van der Waals surface area contributed by atoms with E-state index in [0.29, 0.717) is 5.52 Å². The number of carboxylic acid groups (broad SMARTS) is 1. The predicted octanol–water partition coefficient (Wildman–Crippen LogP) is 2.95. The molecule has 0 saturated carbocycles. The number of rotatable bonds is 2. The number of carboxylic acids is 1. The zero-order valence-electron chi connectivity index (χ0n) is 8.15. The minimum Gasteiger partial charge on any atom is -0.478 e. The van der Waals surface area contributed by atoms with Gasteiger partial charge in [0.15, 0.2) is 4.34 Å². The van der Waals surface area contributed by atoms with Crippen molar-refractivity contribution in [2.75, 3.05) is 12.0 Å². The zero-order chi connectivity index (χ0) is 11.9. The van der Waals surface area contributed by atoms with Gasteiger partial charge < -0.3 is 10.8 Å². The van der Waals surface area contributed by atoms with Crippen molar-refractivity contribution in [1.29, 1.82) is 0 Å². The van der Waals surface area contributed by atoms with Crippen LogP contribution in [0.5, 0.6) is 0 Å². The minimum atomic E-state index is -1.10. The van der Waals surface area contributed by atoms with Crippen molar-refractivity contribution in [3.63, 3.8) is 0 Å². The molecule has 16 heavy (non-hydrogen) atoms.